The summed E-state index contributed by atoms with van der Waals surface area (Å²) in [5, 5.41) is 0. The van der Waals surface area contributed by atoms with Gasteiger partial charge < -0.3 is 4.90 Å². The predicted octanol–water partition coefficient (Wildman–Crippen LogP) is 3.74. The number of benzene rings is 1. The van der Waals surface area contributed by atoms with E-state index in [4.69, 9.17) is 0 Å². The van der Waals surface area contributed by atoms with Gasteiger partial charge in [-0.1, -0.05) is 17.7 Å². The molecule has 164 valence electrons. The second kappa shape index (κ2) is 7.33. The molecular formula is C24H34N2O3S. The average molecular weight is 431 g/mol. The molecule has 5 fully saturated rings. The van der Waals surface area contributed by atoms with Crippen LogP contribution in [0, 0.1) is 37.0 Å². The van der Waals surface area contributed by atoms with Crippen molar-refractivity contribution in [2.24, 2.45) is 23.2 Å². The van der Waals surface area contributed by atoms with E-state index >= 15 is 0 Å². The van der Waals surface area contributed by atoms with Gasteiger partial charge in [0, 0.05) is 32.6 Å². The molecule has 1 aromatic rings. The molecule has 0 atom stereocenters. The van der Waals surface area contributed by atoms with Gasteiger partial charge in [0.2, 0.25) is 15.9 Å². The fraction of sp³-hybridized carbons (Fsp3) is 0.708. The molecule has 0 aromatic heterocycles. The Hall–Kier alpha value is -1.40. The summed E-state index contributed by atoms with van der Waals surface area (Å²) in [6.07, 6.45) is 8.58. The van der Waals surface area contributed by atoms with E-state index in [1.54, 1.807) is 10.4 Å². The van der Waals surface area contributed by atoms with Crippen LogP contribution in [0.4, 0.5) is 0 Å². The van der Waals surface area contributed by atoms with Crippen LogP contribution in [0.15, 0.2) is 23.1 Å². The van der Waals surface area contributed by atoms with Crippen LogP contribution in [0.5, 0.6) is 0 Å². The van der Waals surface area contributed by atoms with Crippen LogP contribution in [-0.2, 0) is 14.8 Å². The summed E-state index contributed by atoms with van der Waals surface area (Å²) < 4.78 is 27.8. The maximum Gasteiger partial charge on any atom is 0.243 e. The summed E-state index contributed by atoms with van der Waals surface area (Å²) in [6, 6.07) is 5.48. The lowest BCUT2D eigenvalue weighted by atomic mass is 9.49. The minimum absolute atomic E-state index is 0.244. The van der Waals surface area contributed by atoms with E-state index in [0.717, 1.165) is 28.9 Å². The monoisotopic (exact) mass is 430 g/mol. The molecule has 4 saturated carbocycles. The van der Waals surface area contributed by atoms with E-state index in [2.05, 4.69) is 0 Å². The number of hydrogen-bond donors (Lipinski definition) is 0. The van der Waals surface area contributed by atoms with E-state index in [-0.39, 0.29) is 11.3 Å². The third-order valence-corrected chi connectivity index (χ3v) is 10.3. The number of aryl methyl sites for hydroxylation is 2. The summed E-state index contributed by atoms with van der Waals surface area (Å²) in [7, 11) is -3.51. The molecule has 0 N–H and O–H groups in total. The minimum Gasteiger partial charge on any atom is -0.340 e. The quantitative estimate of drug-likeness (QED) is 0.731. The fourth-order valence-corrected chi connectivity index (χ4v) is 8.97. The van der Waals surface area contributed by atoms with Crippen molar-refractivity contribution in [2.75, 3.05) is 26.2 Å². The zero-order valence-electron chi connectivity index (χ0n) is 18.3. The van der Waals surface area contributed by atoms with Crippen molar-refractivity contribution in [3.05, 3.63) is 29.3 Å². The Labute approximate surface area is 180 Å². The van der Waals surface area contributed by atoms with Gasteiger partial charge in [-0.25, -0.2) is 8.42 Å². The standard InChI is InChI=1S/C24H34N2O3S/c1-17-3-4-22(18(2)9-17)30(28,29)26-7-5-25(6-8-26)23(27)16-24-13-19-10-20(14-24)12-21(11-19)15-24/h3-4,9,19-21H,5-8,10-16H2,1-2H3. The van der Waals surface area contributed by atoms with E-state index in [1.807, 2.05) is 30.9 Å². The van der Waals surface area contributed by atoms with Gasteiger partial charge in [0.15, 0.2) is 0 Å². The Morgan fingerprint density at radius 2 is 1.53 bits per heavy atom. The molecule has 6 rings (SSSR count). The van der Waals surface area contributed by atoms with Crippen molar-refractivity contribution in [2.45, 2.75) is 63.7 Å². The Kier molecular flexibility index (Phi) is 5.01. The highest BCUT2D eigenvalue weighted by molar-refractivity contribution is 7.89. The van der Waals surface area contributed by atoms with Crippen LogP contribution in [0.25, 0.3) is 0 Å². The van der Waals surface area contributed by atoms with Gasteiger partial charge in [-0.05, 0) is 87.2 Å². The number of amides is 1. The topological polar surface area (TPSA) is 57.7 Å². The first kappa shape index (κ1) is 20.5. The molecule has 5 nitrogen and oxygen atoms in total. The normalized spacial score (nSPS) is 33.8. The smallest absolute Gasteiger partial charge is 0.243 e. The molecule has 30 heavy (non-hydrogen) atoms. The van der Waals surface area contributed by atoms with Gasteiger partial charge in [0.05, 0.1) is 4.90 Å². The predicted molar refractivity (Wildman–Crippen MR) is 116 cm³/mol. The number of rotatable bonds is 4. The number of sulfonamides is 1. The fourth-order valence-electron chi connectivity index (χ4n) is 7.34. The molecular weight excluding hydrogens is 396 g/mol. The summed E-state index contributed by atoms with van der Waals surface area (Å²) in [5.74, 6) is 2.80. The second-order valence-corrected chi connectivity index (χ2v) is 12.6. The third kappa shape index (κ3) is 3.60. The second-order valence-electron chi connectivity index (χ2n) is 10.6. The number of carbonyl (C=O) groups excluding carboxylic acids is 1. The largest absolute Gasteiger partial charge is 0.340 e. The number of hydrogen-bond acceptors (Lipinski definition) is 3. The first-order chi connectivity index (χ1) is 14.2. The summed E-state index contributed by atoms with van der Waals surface area (Å²) in [4.78, 5) is 15.5. The summed E-state index contributed by atoms with van der Waals surface area (Å²) >= 11 is 0. The first-order valence-corrected chi connectivity index (χ1v) is 13.0. The maximum atomic E-state index is 13.2. The maximum absolute atomic E-state index is 13.2. The van der Waals surface area contributed by atoms with Crippen molar-refractivity contribution < 1.29 is 13.2 Å². The Morgan fingerprint density at radius 3 is 2.07 bits per heavy atom. The zero-order chi connectivity index (χ0) is 21.1. The molecule has 1 aliphatic heterocycles. The summed E-state index contributed by atoms with van der Waals surface area (Å²) in [6.45, 7) is 5.62. The van der Waals surface area contributed by atoms with Gasteiger partial charge in [-0.2, -0.15) is 4.31 Å². The Balaban J connectivity index is 1.22. The average Bonchev–Trinajstić information content (AvgIpc) is 2.66. The van der Waals surface area contributed by atoms with E-state index in [9.17, 15) is 13.2 Å². The summed E-state index contributed by atoms with van der Waals surface area (Å²) in [5.41, 5.74) is 2.09. The van der Waals surface area contributed by atoms with Crippen molar-refractivity contribution in [1.82, 2.24) is 9.21 Å². The van der Waals surface area contributed by atoms with Crippen LogP contribution in [-0.4, -0.2) is 49.7 Å². The molecule has 6 heteroatoms. The lowest BCUT2D eigenvalue weighted by molar-refractivity contribution is -0.140. The lowest BCUT2D eigenvalue weighted by Crippen LogP contribution is -2.53. The van der Waals surface area contributed by atoms with E-state index < -0.39 is 10.0 Å². The van der Waals surface area contributed by atoms with E-state index in [0.29, 0.717) is 37.5 Å². The molecule has 1 aromatic carbocycles. The first-order valence-electron chi connectivity index (χ1n) is 11.6. The van der Waals surface area contributed by atoms with Gasteiger partial charge in [-0.3, -0.25) is 4.79 Å². The van der Waals surface area contributed by atoms with Gasteiger partial charge in [0.1, 0.15) is 0 Å². The number of piperazine rings is 1. The SMILES string of the molecule is Cc1ccc(S(=O)(=O)N2CCN(C(=O)CC34CC5CC(CC(C5)C3)C4)CC2)c(C)c1. The van der Waals surface area contributed by atoms with Crippen molar-refractivity contribution in [3.63, 3.8) is 0 Å². The zero-order valence-corrected chi connectivity index (χ0v) is 19.1. The van der Waals surface area contributed by atoms with Gasteiger partial charge in [0.25, 0.3) is 0 Å². The van der Waals surface area contributed by atoms with Crippen molar-refractivity contribution in [3.8, 4) is 0 Å². The van der Waals surface area contributed by atoms with Crippen LogP contribution in [0.1, 0.15) is 56.1 Å². The minimum atomic E-state index is -3.51. The van der Waals surface area contributed by atoms with Gasteiger partial charge >= 0.3 is 0 Å². The molecule has 0 radical (unpaired) electrons. The molecule has 4 aliphatic carbocycles. The van der Waals surface area contributed by atoms with E-state index in [1.165, 1.54) is 38.5 Å². The molecule has 1 heterocycles. The number of carbonyl (C=O) groups is 1. The van der Waals surface area contributed by atoms with Gasteiger partial charge in [-0.15, -0.1) is 0 Å². The highest BCUT2D eigenvalue weighted by atomic mass is 32.2. The number of nitrogens with zero attached hydrogens (tertiary/aromatic N) is 2. The van der Waals surface area contributed by atoms with Crippen molar-refractivity contribution >= 4 is 15.9 Å². The highest BCUT2D eigenvalue weighted by Crippen LogP contribution is 2.61. The molecule has 0 spiro atoms. The van der Waals surface area contributed by atoms with Crippen LogP contribution in [0.3, 0.4) is 0 Å². The molecule has 0 unspecified atom stereocenters. The van der Waals surface area contributed by atoms with Crippen LogP contribution >= 0.6 is 0 Å². The highest BCUT2D eigenvalue weighted by Gasteiger charge is 2.51. The third-order valence-electron chi connectivity index (χ3n) is 8.23. The lowest BCUT2D eigenvalue weighted by Gasteiger charge is -2.57. The van der Waals surface area contributed by atoms with Crippen LogP contribution < -0.4 is 0 Å². The molecule has 4 bridgehead atoms. The molecule has 1 saturated heterocycles. The Bertz CT molecular complexity index is 912. The molecule has 5 aliphatic rings. The van der Waals surface area contributed by atoms with Crippen molar-refractivity contribution in [1.29, 1.82) is 0 Å². The van der Waals surface area contributed by atoms with Crippen LogP contribution in [0.2, 0.25) is 0 Å². The Morgan fingerprint density at radius 1 is 0.967 bits per heavy atom. The molecule has 1 amide bonds.